The van der Waals surface area contributed by atoms with Crippen LogP contribution in [0.15, 0.2) is 18.2 Å². The molecule has 1 rings (SSSR count). The Morgan fingerprint density at radius 2 is 1.95 bits per heavy atom. The van der Waals surface area contributed by atoms with Gasteiger partial charge in [0.1, 0.15) is 18.5 Å². The maximum absolute atomic E-state index is 9.91. The molecule has 0 amide bonds. The minimum atomic E-state index is -0.610. The molecule has 0 heterocycles. The van der Waals surface area contributed by atoms with Crippen molar-refractivity contribution in [3.8, 4) is 5.75 Å². The normalized spacial score (nSPS) is 13.5. The number of benzene rings is 1. The summed E-state index contributed by atoms with van der Waals surface area (Å²) in [5, 5.41) is 22.2. The van der Waals surface area contributed by atoms with E-state index in [2.05, 4.69) is 32.2 Å². The first-order valence-corrected chi connectivity index (χ1v) is 7.52. The van der Waals surface area contributed by atoms with Gasteiger partial charge in [-0.2, -0.15) is 0 Å². The number of hydrogen-bond acceptors (Lipinski definition) is 4. The van der Waals surface area contributed by atoms with Crippen LogP contribution in [0.25, 0.3) is 0 Å². The molecule has 1 atom stereocenters. The molecule has 0 saturated heterocycles. The van der Waals surface area contributed by atoms with Gasteiger partial charge in [0.15, 0.2) is 0 Å². The highest BCUT2D eigenvalue weighted by Crippen LogP contribution is 2.23. The molecule has 1 aromatic rings. The maximum atomic E-state index is 9.91. The van der Waals surface area contributed by atoms with Crippen molar-refractivity contribution in [2.24, 2.45) is 0 Å². The summed E-state index contributed by atoms with van der Waals surface area (Å²) < 4.78 is 5.63. The lowest BCUT2D eigenvalue weighted by molar-refractivity contribution is 0.0906. The summed E-state index contributed by atoms with van der Waals surface area (Å²) in [4.78, 5) is 0. The van der Waals surface area contributed by atoms with Crippen LogP contribution in [-0.4, -0.2) is 41.6 Å². The van der Waals surface area contributed by atoms with Crippen molar-refractivity contribution in [2.45, 2.75) is 52.2 Å². The second-order valence-corrected chi connectivity index (χ2v) is 6.56. The monoisotopic (exact) mass is 295 g/mol. The number of aryl methyl sites for hydroxylation is 1. The van der Waals surface area contributed by atoms with Gasteiger partial charge >= 0.3 is 0 Å². The van der Waals surface area contributed by atoms with Crippen LogP contribution in [0.3, 0.4) is 0 Å². The third-order valence-electron chi connectivity index (χ3n) is 3.52. The highest BCUT2D eigenvalue weighted by atomic mass is 16.5. The fourth-order valence-corrected chi connectivity index (χ4v) is 2.09. The Morgan fingerprint density at radius 3 is 2.48 bits per heavy atom. The van der Waals surface area contributed by atoms with E-state index in [9.17, 15) is 5.11 Å². The second-order valence-electron chi connectivity index (χ2n) is 6.56. The fraction of sp³-hybridized carbons (Fsp3) is 0.647. The standard InChI is InChI=1S/C17H29NO3/c1-12(2)16-7-6-15(8-13(16)3)21-10-14(20)9-18-17(4,5)11-19/h6-8,12,14,18-20H,9-11H2,1-5H3. The topological polar surface area (TPSA) is 61.7 Å². The van der Waals surface area contributed by atoms with Gasteiger partial charge in [-0.3, -0.25) is 0 Å². The third kappa shape index (κ3) is 6.04. The van der Waals surface area contributed by atoms with Crippen LogP contribution in [0.1, 0.15) is 44.7 Å². The highest BCUT2D eigenvalue weighted by Gasteiger charge is 2.17. The van der Waals surface area contributed by atoms with Crippen molar-refractivity contribution >= 4 is 0 Å². The zero-order valence-electron chi connectivity index (χ0n) is 13.8. The van der Waals surface area contributed by atoms with Gasteiger partial charge in [0.2, 0.25) is 0 Å². The van der Waals surface area contributed by atoms with Gasteiger partial charge in [0, 0.05) is 12.1 Å². The molecule has 0 fully saturated rings. The molecule has 0 aromatic heterocycles. The van der Waals surface area contributed by atoms with E-state index >= 15 is 0 Å². The number of rotatable bonds is 8. The Balaban J connectivity index is 2.46. The van der Waals surface area contributed by atoms with Crippen LogP contribution in [0.5, 0.6) is 5.75 Å². The summed E-state index contributed by atoms with van der Waals surface area (Å²) in [6, 6.07) is 6.03. The van der Waals surface area contributed by atoms with E-state index in [-0.39, 0.29) is 13.2 Å². The van der Waals surface area contributed by atoms with Gasteiger partial charge in [0.25, 0.3) is 0 Å². The Kier molecular flexibility index (Phi) is 6.65. The predicted octanol–water partition coefficient (Wildman–Crippen LogP) is 2.22. The van der Waals surface area contributed by atoms with E-state index in [4.69, 9.17) is 9.84 Å². The van der Waals surface area contributed by atoms with Gasteiger partial charge in [-0.05, 0) is 49.9 Å². The van der Waals surface area contributed by atoms with Gasteiger partial charge in [-0.25, -0.2) is 0 Å². The SMILES string of the molecule is Cc1cc(OCC(O)CNC(C)(C)CO)ccc1C(C)C. The van der Waals surface area contributed by atoms with Gasteiger partial charge in [0.05, 0.1) is 6.61 Å². The molecular formula is C17H29NO3. The second kappa shape index (κ2) is 7.78. The first kappa shape index (κ1) is 18.0. The van der Waals surface area contributed by atoms with Gasteiger partial charge in [-0.15, -0.1) is 0 Å². The highest BCUT2D eigenvalue weighted by molar-refractivity contribution is 5.36. The maximum Gasteiger partial charge on any atom is 0.119 e. The number of β-amino-alcohol motifs (C(OH)–C–C–N with tert-alkyl or cyclic N) is 1. The van der Waals surface area contributed by atoms with Crippen LogP contribution in [0.2, 0.25) is 0 Å². The number of aliphatic hydroxyl groups is 2. The minimum absolute atomic E-state index is 0.0242. The lowest BCUT2D eigenvalue weighted by atomic mass is 9.98. The fourth-order valence-electron chi connectivity index (χ4n) is 2.09. The molecular weight excluding hydrogens is 266 g/mol. The number of ether oxygens (including phenoxy) is 1. The largest absolute Gasteiger partial charge is 0.491 e. The van der Waals surface area contributed by atoms with Crippen LogP contribution in [-0.2, 0) is 0 Å². The van der Waals surface area contributed by atoms with E-state index < -0.39 is 11.6 Å². The Bertz CT molecular complexity index is 444. The molecule has 120 valence electrons. The van der Waals surface area contributed by atoms with Crippen molar-refractivity contribution in [3.63, 3.8) is 0 Å². The summed E-state index contributed by atoms with van der Waals surface area (Å²) in [6.45, 7) is 10.8. The molecule has 0 aliphatic rings. The van der Waals surface area contributed by atoms with Crippen LogP contribution >= 0.6 is 0 Å². The smallest absolute Gasteiger partial charge is 0.119 e. The molecule has 4 nitrogen and oxygen atoms in total. The first-order valence-electron chi connectivity index (χ1n) is 7.52. The Hall–Kier alpha value is -1.10. The summed E-state index contributed by atoms with van der Waals surface area (Å²) >= 11 is 0. The molecule has 4 heteroatoms. The van der Waals surface area contributed by atoms with Crippen LogP contribution in [0.4, 0.5) is 0 Å². The average Bonchev–Trinajstić information content (AvgIpc) is 2.42. The molecule has 0 aliphatic heterocycles. The quantitative estimate of drug-likeness (QED) is 0.688. The number of hydrogen-bond donors (Lipinski definition) is 3. The van der Waals surface area contributed by atoms with Crippen molar-refractivity contribution in [2.75, 3.05) is 19.8 Å². The molecule has 1 aromatic carbocycles. The first-order chi connectivity index (χ1) is 9.75. The van der Waals surface area contributed by atoms with Gasteiger partial charge in [-0.1, -0.05) is 19.9 Å². The molecule has 3 N–H and O–H groups in total. The summed E-state index contributed by atoms with van der Waals surface area (Å²) in [7, 11) is 0. The molecule has 0 saturated carbocycles. The zero-order valence-corrected chi connectivity index (χ0v) is 13.8. The van der Waals surface area contributed by atoms with E-state index in [1.165, 1.54) is 11.1 Å². The zero-order chi connectivity index (χ0) is 16.0. The summed E-state index contributed by atoms with van der Waals surface area (Å²) in [5.74, 6) is 1.27. The van der Waals surface area contributed by atoms with Crippen molar-refractivity contribution in [3.05, 3.63) is 29.3 Å². The third-order valence-corrected chi connectivity index (χ3v) is 3.52. The molecule has 0 aliphatic carbocycles. The Morgan fingerprint density at radius 1 is 1.29 bits per heavy atom. The van der Waals surface area contributed by atoms with E-state index in [0.717, 1.165) is 5.75 Å². The van der Waals surface area contributed by atoms with Crippen molar-refractivity contribution in [1.29, 1.82) is 0 Å². The Labute approximate surface area is 128 Å². The van der Waals surface area contributed by atoms with Crippen LogP contribution < -0.4 is 10.1 Å². The van der Waals surface area contributed by atoms with E-state index in [1.807, 2.05) is 26.0 Å². The number of aliphatic hydroxyl groups excluding tert-OH is 2. The lowest BCUT2D eigenvalue weighted by Crippen LogP contribution is -2.47. The summed E-state index contributed by atoms with van der Waals surface area (Å²) in [6.07, 6.45) is -0.610. The average molecular weight is 295 g/mol. The van der Waals surface area contributed by atoms with E-state index in [1.54, 1.807) is 0 Å². The van der Waals surface area contributed by atoms with E-state index in [0.29, 0.717) is 12.5 Å². The molecule has 1 unspecified atom stereocenters. The molecule has 0 bridgehead atoms. The number of nitrogens with one attached hydrogen (secondary N) is 1. The lowest BCUT2D eigenvalue weighted by Gasteiger charge is -2.25. The van der Waals surface area contributed by atoms with Gasteiger partial charge < -0.3 is 20.3 Å². The predicted molar refractivity (Wildman–Crippen MR) is 85.9 cm³/mol. The molecule has 21 heavy (non-hydrogen) atoms. The minimum Gasteiger partial charge on any atom is -0.491 e. The van der Waals surface area contributed by atoms with Crippen molar-refractivity contribution in [1.82, 2.24) is 5.32 Å². The molecule has 0 radical (unpaired) electrons. The van der Waals surface area contributed by atoms with Crippen molar-refractivity contribution < 1.29 is 14.9 Å². The summed E-state index contributed by atoms with van der Waals surface area (Å²) in [5.41, 5.74) is 2.13. The van der Waals surface area contributed by atoms with Crippen LogP contribution in [0, 0.1) is 6.92 Å². The molecule has 0 spiro atoms.